The van der Waals surface area contributed by atoms with E-state index in [1.165, 1.54) is 72.4 Å². The number of H-pyrrole nitrogens is 4. The van der Waals surface area contributed by atoms with Crippen molar-refractivity contribution in [1.29, 1.82) is 0 Å². The second-order valence-electron chi connectivity index (χ2n) is 30.8. The molecule has 0 amide bonds. The van der Waals surface area contributed by atoms with Gasteiger partial charge in [-0.15, -0.1) is 0 Å². The molecule has 115 heavy (non-hydrogen) atoms. The Bertz CT molecular complexity index is 6450. The summed E-state index contributed by atoms with van der Waals surface area (Å²) in [5.41, 5.74) is 49.7. The summed E-state index contributed by atoms with van der Waals surface area (Å²) in [6.45, 7) is 36.1. The summed E-state index contributed by atoms with van der Waals surface area (Å²) >= 11 is 0. The average Bonchev–Trinajstić information content (AvgIpc) is 1.59. The lowest BCUT2D eigenvalue weighted by Gasteiger charge is -2.26. The van der Waals surface area contributed by atoms with Crippen LogP contribution in [0, 0.1) is 27.7 Å². The SMILES string of the molecule is CCC1=C(C)c2cc3[nH]c(c(CC)c3C)c(-c3ccc(N(c4ccccc4)c4ccc(-c5c6nc(cc7[nH]c(cc8nc(c(-c9ccc(-c%10ccccn%10)nc9)c9[nH]c5c(CC)c9C)C(C)=C8CC)c(CC)c7C)C(C)=C6CC)cc4)cc3)c3nc(c(-c4ccc(-c5ccccn5)nc4)c4[nH]c(cc1n2)c(CC)c4C)C(C)=C3CC. The second kappa shape index (κ2) is 30.6. The first-order valence-electron chi connectivity index (χ1n) is 41.2. The maximum Gasteiger partial charge on any atom is 0.0886 e. The first-order valence-corrected chi connectivity index (χ1v) is 41.2. The Morgan fingerprint density at radius 2 is 0.635 bits per heavy atom. The number of nitrogens with one attached hydrogen (secondary N) is 4. The molecule has 572 valence electrons. The molecule has 13 heteroatoms. The van der Waals surface area contributed by atoms with Crippen molar-refractivity contribution in [3.8, 4) is 67.3 Å². The highest BCUT2D eigenvalue weighted by atomic mass is 15.1. The molecule has 0 saturated carbocycles. The van der Waals surface area contributed by atoms with Gasteiger partial charge in [-0.3, -0.25) is 19.9 Å². The fraction of sp³-hybridized carbons (Fsp3) is 0.235. The minimum absolute atomic E-state index is 0.753. The van der Waals surface area contributed by atoms with Crippen LogP contribution in [0.4, 0.5) is 17.1 Å². The van der Waals surface area contributed by atoms with E-state index >= 15 is 0 Å². The molecule has 0 aliphatic carbocycles. The Morgan fingerprint density at radius 3 is 1.17 bits per heavy atom. The topological polar surface area (TPSA) is 170 Å². The number of hydrogen-bond acceptors (Lipinski definition) is 9. The molecule has 13 aromatic rings. The molecular weight excluding hydrogens is 1410 g/mol. The third-order valence-electron chi connectivity index (χ3n) is 24.8. The van der Waals surface area contributed by atoms with Crippen LogP contribution in [-0.2, 0) is 25.7 Å². The van der Waals surface area contributed by atoms with Gasteiger partial charge < -0.3 is 24.8 Å². The summed E-state index contributed by atoms with van der Waals surface area (Å²) in [5.74, 6) is 0. The Balaban J connectivity index is 0.886. The number of hydrogen-bond donors (Lipinski definition) is 4. The van der Waals surface area contributed by atoms with Crippen molar-refractivity contribution < 1.29 is 0 Å². The van der Waals surface area contributed by atoms with E-state index in [4.69, 9.17) is 39.9 Å². The van der Waals surface area contributed by atoms with Crippen molar-refractivity contribution in [3.63, 3.8) is 0 Å². The molecule has 14 heterocycles. The Hall–Kier alpha value is -12.7. The van der Waals surface area contributed by atoms with Gasteiger partial charge in [0.25, 0.3) is 0 Å². The first-order chi connectivity index (χ1) is 56.0. The van der Waals surface area contributed by atoms with E-state index in [1.54, 1.807) is 0 Å². The van der Waals surface area contributed by atoms with Crippen LogP contribution in [0.25, 0.3) is 156 Å². The molecule has 4 aliphatic heterocycles. The Kier molecular flexibility index (Phi) is 20.0. The zero-order chi connectivity index (χ0) is 79.8. The van der Waals surface area contributed by atoms with Crippen molar-refractivity contribution in [2.45, 2.75) is 162 Å². The number of rotatable bonds is 17. The van der Waals surface area contributed by atoms with Gasteiger partial charge in [0.05, 0.1) is 90.4 Å². The smallest absolute Gasteiger partial charge is 0.0886 e. The average molecular weight is 1510 g/mol. The van der Waals surface area contributed by atoms with E-state index in [9.17, 15) is 0 Å². The number of aryl methyl sites for hydroxylation is 8. The van der Waals surface area contributed by atoms with Crippen LogP contribution in [-0.4, -0.2) is 59.8 Å². The van der Waals surface area contributed by atoms with Gasteiger partial charge in [-0.25, -0.2) is 19.9 Å². The molecule has 4 aliphatic rings. The molecule has 0 unspecified atom stereocenters. The fourth-order valence-electron chi connectivity index (χ4n) is 18.6. The predicted molar refractivity (Wildman–Crippen MR) is 482 cm³/mol. The van der Waals surface area contributed by atoms with Gasteiger partial charge in [0.1, 0.15) is 0 Å². The van der Waals surface area contributed by atoms with E-state index in [2.05, 4.69) is 263 Å². The quantitative estimate of drug-likeness (QED) is 0.0693. The maximum absolute atomic E-state index is 6.05. The molecular formula is C102H99N13. The van der Waals surface area contributed by atoms with Crippen LogP contribution < -0.4 is 4.90 Å². The largest absolute Gasteiger partial charge is 0.355 e. The van der Waals surface area contributed by atoms with Gasteiger partial charge in [0.15, 0.2) is 0 Å². The number of nitrogens with zero attached hydrogens (tertiary/aromatic N) is 9. The van der Waals surface area contributed by atoms with Crippen LogP contribution >= 0.6 is 0 Å². The highest BCUT2D eigenvalue weighted by Gasteiger charge is 2.31. The summed E-state index contributed by atoms with van der Waals surface area (Å²) in [5, 5.41) is 0. The normalized spacial score (nSPS) is 13.0. The molecule has 0 atom stereocenters. The third kappa shape index (κ3) is 12.8. The zero-order valence-electron chi connectivity index (χ0n) is 69.1. The Morgan fingerprint density at radius 1 is 0.261 bits per heavy atom. The van der Waals surface area contributed by atoms with Crippen molar-refractivity contribution >= 4 is 106 Å². The van der Waals surface area contributed by atoms with E-state index in [0.29, 0.717) is 0 Å². The number of allylic oxidation sites excluding steroid dienone is 8. The van der Waals surface area contributed by atoms with Gasteiger partial charge in [0.2, 0.25) is 0 Å². The lowest BCUT2D eigenvalue weighted by Crippen LogP contribution is -2.09. The number of fused-ring (bicyclic) bond motifs is 16. The standard InChI is InChI=1S/C102H99N13/c1-17-71-56(9)83-50-85-58(11)75(21-5)99(109-85)91(101-77(23-7)62(15)97(113-101)93(66-40-46-81(105-54-66)79-34-28-30-48-103-79)95-60(13)73(19-3)89(111-95)52-87(71)107-83)64-36-42-69(43-37-64)115(68-32-26-25-27-33-68)70-44-38-65(39-45-70)92-100-76(22-6)59(12)86(110-100)51-84-57(10)72(18-2)88(108-84)53-90-74(20-4)61(14)96(112-90)94(98-63(16)78(24-8)102(92)114-98)67-41-47-82(106-55-67)80-35-29-31-49-104-80/h25-55,107,110,112-113H,17-24H2,1-16H3. The number of pyridine rings is 4. The highest BCUT2D eigenvalue weighted by molar-refractivity contribution is 6.08. The van der Waals surface area contributed by atoms with Crippen LogP contribution in [0.15, 0.2) is 189 Å². The zero-order valence-corrected chi connectivity index (χ0v) is 69.1. The summed E-state index contributed by atoms with van der Waals surface area (Å²) in [6, 6.07) is 58.8. The minimum atomic E-state index is 0.753. The van der Waals surface area contributed by atoms with Crippen LogP contribution in [0.1, 0.15) is 199 Å². The summed E-state index contributed by atoms with van der Waals surface area (Å²) in [4.78, 5) is 61.5. The van der Waals surface area contributed by atoms with E-state index < -0.39 is 0 Å². The molecule has 3 aromatic carbocycles. The maximum atomic E-state index is 6.05. The molecule has 4 N–H and O–H groups in total. The van der Waals surface area contributed by atoms with Crippen LogP contribution in [0.5, 0.6) is 0 Å². The number of aromatic nitrogens is 12. The molecule has 16 bridgehead atoms. The molecule has 0 saturated heterocycles. The molecule has 17 rings (SSSR count). The third-order valence-corrected chi connectivity index (χ3v) is 24.8. The minimum Gasteiger partial charge on any atom is -0.355 e. The summed E-state index contributed by atoms with van der Waals surface area (Å²) in [7, 11) is 0. The van der Waals surface area contributed by atoms with Gasteiger partial charge in [-0.2, -0.15) is 0 Å². The van der Waals surface area contributed by atoms with Gasteiger partial charge in [0, 0.05) is 97.3 Å². The predicted octanol–water partition coefficient (Wildman–Crippen LogP) is 26.8. The van der Waals surface area contributed by atoms with Crippen molar-refractivity contribution in [2.75, 3.05) is 4.90 Å². The van der Waals surface area contributed by atoms with Gasteiger partial charge >= 0.3 is 0 Å². The van der Waals surface area contributed by atoms with Crippen LogP contribution in [0.2, 0.25) is 0 Å². The van der Waals surface area contributed by atoms with E-state index in [0.717, 1.165) is 242 Å². The number of aromatic amines is 4. The summed E-state index contributed by atoms with van der Waals surface area (Å²) in [6.07, 6.45) is 14.1. The number of anilines is 3. The molecule has 10 aromatic heterocycles. The molecule has 0 radical (unpaired) electrons. The first kappa shape index (κ1) is 75.0. The van der Waals surface area contributed by atoms with Crippen LogP contribution in [0.3, 0.4) is 0 Å². The van der Waals surface area contributed by atoms with E-state index in [-0.39, 0.29) is 0 Å². The van der Waals surface area contributed by atoms with Crippen molar-refractivity contribution in [3.05, 3.63) is 279 Å². The van der Waals surface area contributed by atoms with E-state index in [1.807, 2.05) is 61.2 Å². The van der Waals surface area contributed by atoms with Crippen molar-refractivity contribution in [1.82, 2.24) is 59.8 Å². The molecule has 0 fully saturated rings. The lowest BCUT2D eigenvalue weighted by molar-refractivity contribution is 1.14. The highest BCUT2D eigenvalue weighted by Crippen LogP contribution is 2.50. The molecule has 0 spiro atoms. The van der Waals surface area contributed by atoms with Gasteiger partial charge in [-0.05, 0) is 304 Å². The summed E-state index contributed by atoms with van der Waals surface area (Å²) < 4.78 is 0. The fourth-order valence-corrected chi connectivity index (χ4v) is 18.6. The molecule has 13 nitrogen and oxygen atoms in total. The second-order valence-corrected chi connectivity index (χ2v) is 30.8. The monoisotopic (exact) mass is 1510 g/mol. The van der Waals surface area contributed by atoms with Crippen molar-refractivity contribution in [2.24, 2.45) is 0 Å². The number of para-hydroxylation sites is 1. The number of benzene rings is 3. The Labute approximate surface area is 674 Å². The van der Waals surface area contributed by atoms with Gasteiger partial charge in [-0.1, -0.05) is 122 Å². The lowest BCUT2D eigenvalue weighted by atomic mass is 9.93.